The standard InChI is InChI=1S/C24H24FNO2/c1-28-23(20-13-8-14-21(25)15-20)17-26-24(27)16-22(18-9-4-2-5-10-18)19-11-6-3-7-12-19/h2-15,22-23H,16-17H2,1H3,(H,26,27). The fraction of sp³-hybridized carbons (Fsp3) is 0.208. The van der Waals surface area contributed by atoms with Crippen LogP contribution in [0.25, 0.3) is 0 Å². The van der Waals surface area contributed by atoms with Crippen molar-refractivity contribution in [3.63, 3.8) is 0 Å². The Morgan fingerprint density at radius 2 is 1.46 bits per heavy atom. The van der Waals surface area contributed by atoms with Gasteiger partial charge in [0.1, 0.15) is 5.82 Å². The number of hydrogen-bond donors (Lipinski definition) is 1. The maximum absolute atomic E-state index is 13.5. The van der Waals surface area contributed by atoms with Crippen LogP contribution < -0.4 is 5.32 Å². The van der Waals surface area contributed by atoms with Crippen LogP contribution in [0, 0.1) is 5.82 Å². The highest BCUT2D eigenvalue weighted by Gasteiger charge is 2.19. The molecule has 0 saturated carbocycles. The van der Waals surface area contributed by atoms with Crippen LogP contribution >= 0.6 is 0 Å². The summed E-state index contributed by atoms with van der Waals surface area (Å²) in [5, 5.41) is 2.94. The number of halogens is 1. The van der Waals surface area contributed by atoms with E-state index >= 15 is 0 Å². The molecule has 28 heavy (non-hydrogen) atoms. The molecule has 1 atom stereocenters. The quantitative estimate of drug-likeness (QED) is 0.609. The van der Waals surface area contributed by atoms with Gasteiger partial charge in [0.25, 0.3) is 0 Å². The zero-order chi connectivity index (χ0) is 19.8. The van der Waals surface area contributed by atoms with Gasteiger partial charge in [0.15, 0.2) is 0 Å². The van der Waals surface area contributed by atoms with Gasteiger partial charge in [0, 0.05) is 26.0 Å². The lowest BCUT2D eigenvalue weighted by Gasteiger charge is -2.20. The highest BCUT2D eigenvalue weighted by atomic mass is 19.1. The number of benzene rings is 3. The zero-order valence-corrected chi connectivity index (χ0v) is 15.8. The molecule has 144 valence electrons. The van der Waals surface area contributed by atoms with E-state index in [4.69, 9.17) is 4.74 Å². The number of carbonyl (C=O) groups is 1. The third-order valence-corrected chi connectivity index (χ3v) is 4.78. The van der Waals surface area contributed by atoms with Crippen molar-refractivity contribution in [1.29, 1.82) is 0 Å². The van der Waals surface area contributed by atoms with E-state index in [0.717, 1.165) is 11.1 Å². The second-order valence-electron chi connectivity index (χ2n) is 6.66. The van der Waals surface area contributed by atoms with Gasteiger partial charge in [0.2, 0.25) is 5.91 Å². The Kier molecular flexibility index (Phi) is 6.93. The molecule has 0 aliphatic carbocycles. The SMILES string of the molecule is COC(CNC(=O)CC(c1ccccc1)c1ccccc1)c1cccc(F)c1. The van der Waals surface area contributed by atoms with Crippen LogP contribution in [0.15, 0.2) is 84.9 Å². The largest absolute Gasteiger partial charge is 0.375 e. The van der Waals surface area contributed by atoms with Crippen LogP contribution in [0.1, 0.15) is 35.1 Å². The van der Waals surface area contributed by atoms with Crippen molar-refractivity contribution in [3.8, 4) is 0 Å². The number of rotatable bonds is 8. The number of amides is 1. The molecule has 0 aliphatic rings. The molecule has 0 spiro atoms. The first-order valence-electron chi connectivity index (χ1n) is 9.32. The second kappa shape index (κ2) is 9.81. The van der Waals surface area contributed by atoms with Crippen molar-refractivity contribution >= 4 is 5.91 Å². The molecule has 0 bridgehead atoms. The molecule has 3 nitrogen and oxygen atoms in total. The average Bonchev–Trinajstić information content (AvgIpc) is 2.74. The summed E-state index contributed by atoms with van der Waals surface area (Å²) in [6, 6.07) is 26.2. The highest BCUT2D eigenvalue weighted by molar-refractivity contribution is 5.77. The molecule has 3 rings (SSSR count). The van der Waals surface area contributed by atoms with Gasteiger partial charge in [-0.3, -0.25) is 4.79 Å². The van der Waals surface area contributed by atoms with Gasteiger partial charge in [-0.25, -0.2) is 4.39 Å². The number of nitrogens with one attached hydrogen (secondary N) is 1. The predicted molar refractivity (Wildman–Crippen MR) is 109 cm³/mol. The molecule has 1 unspecified atom stereocenters. The van der Waals surface area contributed by atoms with Crippen molar-refractivity contribution in [3.05, 3.63) is 107 Å². The van der Waals surface area contributed by atoms with Crippen LogP contribution in [-0.2, 0) is 9.53 Å². The van der Waals surface area contributed by atoms with E-state index < -0.39 is 6.10 Å². The van der Waals surface area contributed by atoms with Gasteiger partial charge < -0.3 is 10.1 Å². The van der Waals surface area contributed by atoms with Crippen molar-refractivity contribution in [2.45, 2.75) is 18.4 Å². The lowest BCUT2D eigenvalue weighted by Crippen LogP contribution is -2.30. The highest BCUT2D eigenvalue weighted by Crippen LogP contribution is 2.28. The summed E-state index contributed by atoms with van der Waals surface area (Å²) >= 11 is 0. The molecule has 3 aromatic carbocycles. The maximum Gasteiger partial charge on any atom is 0.221 e. The van der Waals surface area contributed by atoms with Gasteiger partial charge >= 0.3 is 0 Å². The summed E-state index contributed by atoms with van der Waals surface area (Å²) in [6.45, 7) is 0.287. The Morgan fingerprint density at radius 3 is 2.00 bits per heavy atom. The minimum atomic E-state index is -0.397. The Labute approximate surface area is 165 Å². The molecule has 0 fully saturated rings. The van der Waals surface area contributed by atoms with Gasteiger partial charge in [-0.15, -0.1) is 0 Å². The number of carbonyl (C=O) groups excluding carboxylic acids is 1. The topological polar surface area (TPSA) is 38.3 Å². The first kappa shape index (κ1) is 19.8. The molecule has 1 amide bonds. The second-order valence-corrected chi connectivity index (χ2v) is 6.66. The molecule has 3 aromatic rings. The molecule has 0 aliphatic heterocycles. The van der Waals surface area contributed by atoms with Crippen molar-refractivity contribution in [1.82, 2.24) is 5.32 Å². The summed E-state index contributed by atoms with van der Waals surface area (Å²) < 4.78 is 18.9. The predicted octanol–water partition coefficient (Wildman–Crippen LogP) is 4.85. The Balaban J connectivity index is 1.68. The number of hydrogen-bond acceptors (Lipinski definition) is 2. The van der Waals surface area contributed by atoms with E-state index in [-0.39, 0.29) is 24.2 Å². The van der Waals surface area contributed by atoms with Crippen LogP contribution in [-0.4, -0.2) is 19.6 Å². The summed E-state index contributed by atoms with van der Waals surface area (Å²) in [6.07, 6.45) is -0.0697. The van der Waals surface area contributed by atoms with E-state index in [1.54, 1.807) is 19.2 Å². The fourth-order valence-corrected chi connectivity index (χ4v) is 3.31. The van der Waals surface area contributed by atoms with E-state index in [9.17, 15) is 9.18 Å². The van der Waals surface area contributed by atoms with E-state index in [1.807, 2.05) is 60.7 Å². The van der Waals surface area contributed by atoms with E-state index in [0.29, 0.717) is 12.0 Å². The molecule has 4 heteroatoms. The fourth-order valence-electron chi connectivity index (χ4n) is 3.31. The van der Waals surface area contributed by atoms with Crippen LogP contribution in [0.2, 0.25) is 0 Å². The molecular formula is C24H24FNO2. The number of ether oxygens (including phenoxy) is 1. The van der Waals surface area contributed by atoms with Crippen molar-refractivity contribution in [2.24, 2.45) is 0 Å². The molecule has 0 heterocycles. The summed E-state index contributed by atoms with van der Waals surface area (Å²) in [4.78, 5) is 12.7. The Bertz CT molecular complexity index is 844. The summed E-state index contributed by atoms with van der Waals surface area (Å²) in [5.41, 5.74) is 2.89. The minimum Gasteiger partial charge on any atom is -0.375 e. The third kappa shape index (κ3) is 5.27. The van der Waals surface area contributed by atoms with Gasteiger partial charge in [-0.2, -0.15) is 0 Å². The lowest BCUT2D eigenvalue weighted by molar-refractivity contribution is -0.121. The first-order valence-corrected chi connectivity index (χ1v) is 9.32. The van der Waals surface area contributed by atoms with Crippen molar-refractivity contribution < 1.29 is 13.9 Å². The molecule has 1 N–H and O–H groups in total. The van der Waals surface area contributed by atoms with Crippen LogP contribution in [0.3, 0.4) is 0 Å². The Hall–Kier alpha value is -2.98. The molecular weight excluding hydrogens is 353 g/mol. The maximum atomic E-state index is 13.5. The smallest absolute Gasteiger partial charge is 0.221 e. The summed E-state index contributed by atoms with van der Waals surface area (Å²) in [7, 11) is 1.55. The van der Waals surface area contributed by atoms with Crippen LogP contribution in [0.4, 0.5) is 4.39 Å². The minimum absolute atomic E-state index is 0.0300. The first-order chi connectivity index (χ1) is 13.7. The lowest BCUT2D eigenvalue weighted by atomic mass is 9.88. The molecule has 0 aromatic heterocycles. The number of methoxy groups -OCH3 is 1. The van der Waals surface area contributed by atoms with Gasteiger partial charge in [0.05, 0.1) is 6.10 Å². The van der Waals surface area contributed by atoms with E-state index in [2.05, 4.69) is 5.32 Å². The summed E-state index contributed by atoms with van der Waals surface area (Å²) in [5.74, 6) is -0.423. The average molecular weight is 377 g/mol. The zero-order valence-electron chi connectivity index (χ0n) is 15.8. The van der Waals surface area contributed by atoms with Gasteiger partial charge in [-0.05, 0) is 28.8 Å². The molecule has 0 saturated heterocycles. The Morgan fingerprint density at radius 1 is 0.893 bits per heavy atom. The third-order valence-electron chi connectivity index (χ3n) is 4.78. The van der Waals surface area contributed by atoms with Gasteiger partial charge in [-0.1, -0.05) is 72.8 Å². The van der Waals surface area contributed by atoms with E-state index in [1.165, 1.54) is 12.1 Å². The monoisotopic (exact) mass is 377 g/mol. The molecule has 0 radical (unpaired) electrons. The normalized spacial score (nSPS) is 12.0. The van der Waals surface area contributed by atoms with Crippen LogP contribution in [0.5, 0.6) is 0 Å². The van der Waals surface area contributed by atoms with Crippen molar-refractivity contribution in [2.75, 3.05) is 13.7 Å².